The SMILES string of the molecule is O=C1CN(C(=O)CCCCl)CCCN1. The number of hydrogen-bond acceptors (Lipinski definition) is 2. The normalized spacial score (nSPS) is 17.5. The number of nitrogens with one attached hydrogen (secondary N) is 1. The Kier molecular flexibility index (Phi) is 4.73. The van der Waals surface area contributed by atoms with Crippen molar-refractivity contribution < 1.29 is 9.59 Å². The van der Waals surface area contributed by atoms with Gasteiger partial charge in [-0.2, -0.15) is 0 Å². The molecule has 1 heterocycles. The maximum Gasteiger partial charge on any atom is 0.239 e. The van der Waals surface area contributed by atoms with Crippen molar-refractivity contribution in [2.75, 3.05) is 25.5 Å². The van der Waals surface area contributed by atoms with Gasteiger partial charge in [0.15, 0.2) is 0 Å². The van der Waals surface area contributed by atoms with Gasteiger partial charge in [-0.3, -0.25) is 9.59 Å². The highest BCUT2D eigenvalue weighted by molar-refractivity contribution is 6.17. The first-order valence-corrected chi connectivity index (χ1v) is 5.38. The molecule has 0 aromatic rings. The van der Waals surface area contributed by atoms with E-state index >= 15 is 0 Å². The zero-order valence-corrected chi connectivity index (χ0v) is 8.85. The number of nitrogens with zero attached hydrogens (tertiary/aromatic N) is 1. The number of amides is 2. The molecule has 0 radical (unpaired) electrons. The van der Waals surface area contributed by atoms with E-state index in [-0.39, 0.29) is 18.4 Å². The molecule has 0 aliphatic carbocycles. The lowest BCUT2D eigenvalue weighted by Gasteiger charge is -2.18. The fourth-order valence-electron chi connectivity index (χ4n) is 1.40. The fourth-order valence-corrected chi connectivity index (χ4v) is 1.53. The molecule has 0 aromatic heterocycles. The first-order valence-electron chi connectivity index (χ1n) is 4.84. The van der Waals surface area contributed by atoms with Crippen LogP contribution in [0.25, 0.3) is 0 Å². The number of carbonyl (C=O) groups excluding carboxylic acids is 2. The summed E-state index contributed by atoms with van der Waals surface area (Å²) in [7, 11) is 0. The minimum absolute atomic E-state index is 0.0303. The van der Waals surface area contributed by atoms with Gasteiger partial charge in [-0.15, -0.1) is 11.6 Å². The van der Waals surface area contributed by atoms with Crippen LogP contribution in [0.15, 0.2) is 0 Å². The molecular weight excluding hydrogens is 204 g/mol. The Morgan fingerprint density at radius 2 is 2.36 bits per heavy atom. The maximum absolute atomic E-state index is 11.5. The van der Waals surface area contributed by atoms with Gasteiger partial charge in [0.25, 0.3) is 0 Å². The van der Waals surface area contributed by atoms with Crippen LogP contribution in [0.4, 0.5) is 0 Å². The van der Waals surface area contributed by atoms with E-state index in [1.54, 1.807) is 4.90 Å². The summed E-state index contributed by atoms with van der Waals surface area (Å²) in [6.07, 6.45) is 1.95. The molecular formula is C9H15ClN2O2. The molecule has 1 fully saturated rings. The van der Waals surface area contributed by atoms with Gasteiger partial charge in [0.05, 0.1) is 6.54 Å². The average Bonchev–Trinajstić information content (AvgIpc) is 2.39. The van der Waals surface area contributed by atoms with E-state index < -0.39 is 0 Å². The smallest absolute Gasteiger partial charge is 0.239 e. The summed E-state index contributed by atoms with van der Waals surface area (Å²) in [4.78, 5) is 24.3. The van der Waals surface area contributed by atoms with Gasteiger partial charge in [0, 0.05) is 25.4 Å². The number of alkyl halides is 1. The zero-order chi connectivity index (χ0) is 10.4. The Balaban J connectivity index is 2.40. The van der Waals surface area contributed by atoms with Gasteiger partial charge >= 0.3 is 0 Å². The van der Waals surface area contributed by atoms with Crippen molar-refractivity contribution in [3.05, 3.63) is 0 Å². The highest BCUT2D eigenvalue weighted by atomic mass is 35.5. The molecule has 1 N–H and O–H groups in total. The summed E-state index contributed by atoms with van der Waals surface area (Å²) in [5, 5.41) is 2.73. The Morgan fingerprint density at radius 1 is 1.57 bits per heavy atom. The zero-order valence-electron chi connectivity index (χ0n) is 8.09. The molecule has 0 spiro atoms. The lowest BCUT2D eigenvalue weighted by molar-refractivity contribution is -0.135. The van der Waals surface area contributed by atoms with E-state index in [4.69, 9.17) is 11.6 Å². The van der Waals surface area contributed by atoms with Crippen molar-refractivity contribution in [1.29, 1.82) is 0 Å². The number of halogens is 1. The quantitative estimate of drug-likeness (QED) is 0.696. The fraction of sp³-hybridized carbons (Fsp3) is 0.778. The van der Waals surface area contributed by atoms with Crippen LogP contribution in [0.1, 0.15) is 19.3 Å². The van der Waals surface area contributed by atoms with Gasteiger partial charge in [-0.25, -0.2) is 0 Å². The standard InChI is InChI=1S/C9H15ClN2O2/c10-4-1-3-9(14)12-6-2-5-11-8(13)7-12/h1-7H2,(H,11,13). The molecule has 0 aromatic carbocycles. The van der Waals surface area contributed by atoms with Crippen molar-refractivity contribution in [2.24, 2.45) is 0 Å². The molecule has 1 aliphatic rings. The summed E-state index contributed by atoms with van der Waals surface area (Å²) in [6, 6.07) is 0. The minimum Gasteiger partial charge on any atom is -0.354 e. The third kappa shape index (κ3) is 3.54. The lowest BCUT2D eigenvalue weighted by atomic mass is 10.3. The van der Waals surface area contributed by atoms with Crippen LogP contribution < -0.4 is 5.32 Å². The van der Waals surface area contributed by atoms with Crippen LogP contribution in [0.5, 0.6) is 0 Å². The predicted molar refractivity (Wildman–Crippen MR) is 54.2 cm³/mol. The van der Waals surface area contributed by atoms with Gasteiger partial charge < -0.3 is 10.2 Å². The Bertz CT molecular complexity index is 221. The molecule has 1 saturated heterocycles. The molecule has 0 atom stereocenters. The van der Waals surface area contributed by atoms with Crippen LogP contribution in [-0.2, 0) is 9.59 Å². The van der Waals surface area contributed by atoms with E-state index in [0.717, 1.165) is 6.42 Å². The molecule has 1 aliphatic heterocycles. The van der Waals surface area contributed by atoms with Gasteiger partial charge in [-0.05, 0) is 12.8 Å². The molecule has 80 valence electrons. The summed E-state index contributed by atoms with van der Waals surface area (Å²) < 4.78 is 0. The third-order valence-electron chi connectivity index (χ3n) is 2.14. The van der Waals surface area contributed by atoms with Crippen molar-refractivity contribution in [3.8, 4) is 0 Å². The molecule has 1 rings (SSSR count). The second-order valence-electron chi connectivity index (χ2n) is 3.31. The number of carbonyl (C=O) groups is 2. The van der Waals surface area contributed by atoms with Crippen LogP contribution in [0.3, 0.4) is 0 Å². The summed E-state index contributed by atoms with van der Waals surface area (Å²) in [5.74, 6) is 0.454. The molecule has 5 heteroatoms. The van der Waals surface area contributed by atoms with Crippen molar-refractivity contribution in [3.63, 3.8) is 0 Å². The van der Waals surface area contributed by atoms with E-state index in [9.17, 15) is 9.59 Å². The van der Waals surface area contributed by atoms with Gasteiger partial charge in [0.2, 0.25) is 11.8 Å². The van der Waals surface area contributed by atoms with E-state index in [2.05, 4.69) is 5.32 Å². The van der Waals surface area contributed by atoms with Crippen molar-refractivity contribution in [2.45, 2.75) is 19.3 Å². The summed E-state index contributed by atoms with van der Waals surface area (Å²) >= 11 is 5.50. The van der Waals surface area contributed by atoms with Gasteiger partial charge in [-0.1, -0.05) is 0 Å². The number of rotatable bonds is 3. The van der Waals surface area contributed by atoms with Crippen LogP contribution >= 0.6 is 11.6 Å². The lowest BCUT2D eigenvalue weighted by Crippen LogP contribution is -2.37. The Labute approximate surface area is 88.6 Å². The highest BCUT2D eigenvalue weighted by Crippen LogP contribution is 2.02. The second kappa shape index (κ2) is 5.86. The van der Waals surface area contributed by atoms with E-state index in [1.165, 1.54) is 0 Å². The summed E-state index contributed by atoms with van der Waals surface area (Å²) in [5.41, 5.74) is 0. The molecule has 0 saturated carbocycles. The molecule has 0 bridgehead atoms. The summed E-state index contributed by atoms with van der Waals surface area (Å²) in [6.45, 7) is 1.53. The molecule has 14 heavy (non-hydrogen) atoms. The van der Waals surface area contributed by atoms with Crippen LogP contribution in [0.2, 0.25) is 0 Å². The third-order valence-corrected chi connectivity index (χ3v) is 2.41. The Morgan fingerprint density at radius 3 is 3.07 bits per heavy atom. The first kappa shape index (κ1) is 11.3. The van der Waals surface area contributed by atoms with Crippen LogP contribution in [-0.4, -0.2) is 42.2 Å². The Hall–Kier alpha value is -0.770. The molecule has 0 unspecified atom stereocenters. The monoisotopic (exact) mass is 218 g/mol. The van der Waals surface area contributed by atoms with Gasteiger partial charge in [0.1, 0.15) is 0 Å². The van der Waals surface area contributed by atoms with Crippen molar-refractivity contribution in [1.82, 2.24) is 10.2 Å². The molecule has 4 nitrogen and oxygen atoms in total. The highest BCUT2D eigenvalue weighted by Gasteiger charge is 2.18. The number of hydrogen-bond donors (Lipinski definition) is 1. The van der Waals surface area contributed by atoms with Crippen molar-refractivity contribution >= 4 is 23.4 Å². The largest absolute Gasteiger partial charge is 0.354 e. The van der Waals surface area contributed by atoms with E-state index in [0.29, 0.717) is 31.8 Å². The molecule has 2 amide bonds. The average molecular weight is 219 g/mol. The van der Waals surface area contributed by atoms with E-state index in [1.807, 2.05) is 0 Å². The minimum atomic E-state index is -0.0678. The second-order valence-corrected chi connectivity index (χ2v) is 3.69. The first-order chi connectivity index (χ1) is 6.74. The van der Waals surface area contributed by atoms with Crippen LogP contribution in [0, 0.1) is 0 Å². The topological polar surface area (TPSA) is 49.4 Å². The predicted octanol–water partition coefficient (Wildman–Crippen LogP) is 0.354. The maximum atomic E-state index is 11.5.